The van der Waals surface area contributed by atoms with Crippen LogP contribution >= 0.6 is 0 Å². The first-order chi connectivity index (χ1) is 17.3. The number of benzene rings is 3. The lowest BCUT2D eigenvalue weighted by atomic mass is 9.95. The van der Waals surface area contributed by atoms with Crippen LogP contribution in [0.1, 0.15) is 41.4 Å². The second-order valence-corrected chi connectivity index (χ2v) is 7.99. The molecule has 0 radical (unpaired) electrons. The van der Waals surface area contributed by atoms with Crippen LogP contribution in [0.25, 0.3) is 5.76 Å². The van der Waals surface area contributed by atoms with E-state index >= 15 is 0 Å². The van der Waals surface area contributed by atoms with Crippen LogP contribution in [-0.4, -0.2) is 41.1 Å². The molecule has 1 amide bonds. The molecule has 1 atom stereocenters. The number of ether oxygens (including phenoxy) is 2. The van der Waals surface area contributed by atoms with Crippen LogP contribution in [0.15, 0.2) is 78.4 Å². The Bertz CT molecular complexity index is 1330. The fourth-order valence-corrected chi connectivity index (χ4v) is 4.10. The molecule has 1 saturated heterocycles. The number of amides is 1. The van der Waals surface area contributed by atoms with E-state index in [1.54, 1.807) is 61.5 Å². The number of ketones is 1. The van der Waals surface area contributed by atoms with E-state index in [0.717, 1.165) is 0 Å². The van der Waals surface area contributed by atoms with Crippen LogP contribution < -0.4 is 9.64 Å². The lowest BCUT2D eigenvalue weighted by Crippen LogP contribution is -2.29. The van der Waals surface area contributed by atoms with Crippen molar-refractivity contribution in [1.82, 2.24) is 0 Å². The zero-order valence-electron chi connectivity index (χ0n) is 19.8. The molecule has 2 N–H and O–H groups in total. The Morgan fingerprint density at radius 1 is 0.917 bits per heavy atom. The predicted octanol–water partition coefficient (Wildman–Crippen LogP) is 4.59. The van der Waals surface area contributed by atoms with Gasteiger partial charge in [0, 0.05) is 11.3 Å². The third-order valence-electron chi connectivity index (χ3n) is 5.73. The summed E-state index contributed by atoms with van der Waals surface area (Å²) in [7, 11) is 0. The molecule has 0 aromatic heterocycles. The summed E-state index contributed by atoms with van der Waals surface area (Å²) < 4.78 is 10.5. The molecule has 36 heavy (non-hydrogen) atoms. The van der Waals surface area contributed by atoms with Gasteiger partial charge in [0.25, 0.3) is 11.7 Å². The van der Waals surface area contributed by atoms with Gasteiger partial charge in [-0.05, 0) is 74.0 Å². The van der Waals surface area contributed by atoms with Gasteiger partial charge in [0.2, 0.25) is 0 Å². The molecule has 1 aliphatic heterocycles. The minimum Gasteiger partial charge on any atom is -0.508 e. The Kier molecular flexibility index (Phi) is 7.05. The highest BCUT2D eigenvalue weighted by molar-refractivity contribution is 6.51. The zero-order chi connectivity index (χ0) is 25.8. The fraction of sp³-hybridized carbons (Fsp3) is 0.179. The van der Waals surface area contributed by atoms with Gasteiger partial charge >= 0.3 is 5.97 Å². The van der Waals surface area contributed by atoms with Crippen molar-refractivity contribution in [3.8, 4) is 11.5 Å². The van der Waals surface area contributed by atoms with Crippen molar-refractivity contribution in [2.75, 3.05) is 18.1 Å². The second kappa shape index (κ2) is 10.4. The zero-order valence-corrected chi connectivity index (χ0v) is 19.8. The number of nitrogens with zero attached hydrogens (tertiary/aromatic N) is 1. The topological polar surface area (TPSA) is 113 Å². The molecular weight excluding hydrogens is 462 g/mol. The van der Waals surface area contributed by atoms with Crippen LogP contribution in [0.2, 0.25) is 0 Å². The molecule has 0 bridgehead atoms. The molecule has 184 valence electrons. The van der Waals surface area contributed by atoms with Gasteiger partial charge in [-0.3, -0.25) is 14.5 Å². The number of carbonyl (C=O) groups excluding carboxylic acids is 3. The molecule has 8 heteroatoms. The Labute approximate surface area is 208 Å². The number of esters is 1. The Morgan fingerprint density at radius 3 is 2.25 bits per heavy atom. The second-order valence-electron chi connectivity index (χ2n) is 7.99. The SMILES string of the molecule is CCOC(=O)c1cccc(N2C(=O)C(=O)/C(=C(/O)c3ccc(OCC)cc3)C2c2ccc(O)cc2)c1. The largest absolute Gasteiger partial charge is 0.508 e. The standard InChI is InChI=1S/C28H25NO7/c1-3-35-22-14-10-18(11-15-22)25(31)23-24(17-8-12-21(30)13-9-17)29(27(33)26(23)32)20-7-5-6-19(16-20)28(34)36-4-2/h5-16,24,30-31H,3-4H2,1-2H3/b25-23+. The third kappa shape index (κ3) is 4.65. The number of phenolic OH excluding ortho intramolecular Hbond substituents is 1. The lowest BCUT2D eigenvalue weighted by molar-refractivity contribution is -0.132. The van der Waals surface area contributed by atoms with Gasteiger partial charge in [-0.1, -0.05) is 18.2 Å². The van der Waals surface area contributed by atoms with E-state index in [0.29, 0.717) is 23.5 Å². The molecule has 0 spiro atoms. The Morgan fingerprint density at radius 2 is 1.61 bits per heavy atom. The van der Waals surface area contributed by atoms with Gasteiger partial charge in [0.1, 0.15) is 17.3 Å². The highest BCUT2D eigenvalue weighted by atomic mass is 16.5. The number of aromatic hydroxyl groups is 1. The van der Waals surface area contributed by atoms with E-state index in [9.17, 15) is 24.6 Å². The van der Waals surface area contributed by atoms with Gasteiger partial charge in [0.15, 0.2) is 0 Å². The number of rotatable bonds is 7. The summed E-state index contributed by atoms with van der Waals surface area (Å²) >= 11 is 0. The monoisotopic (exact) mass is 487 g/mol. The molecule has 1 heterocycles. The number of carbonyl (C=O) groups is 3. The predicted molar refractivity (Wildman–Crippen MR) is 133 cm³/mol. The molecular formula is C28H25NO7. The van der Waals surface area contributed by atoms with Crippen LogP contribution in [0.5, 0.6) is 11.5 Å². The molecule has 8 nitrogen and oxygen atoms in total. The van der Waals surface area contributed by atoms with Crippen molar-refractivity contribution in [2.24, 2.45) is 0 Å². The number of aliphatic hydroxyl groups is 1. The van der Waals surface area contributed by atoms with Crippen molar-refractivity contribution in [3.63, 3.8) is 0 Å². The van der Waals surface area contributed by atoms with Gasteiger partial charge in [-0.15, -0.1) is 0 Å². The van der Waals surface area contributed by atoms with Gasteiger partial charge in [-0.2, -0.15) is 0 Å². The number of phenols is 1. The third-order valence-corrected chi connectivity index (χ3v) is 5.73. The quantitative estimate of drug-likeness (QED) is 0.217. The molecule has 0 saturated carbocycles. The van der Waals surface area contributed by atoms with E-state index in [1.165, 1.54) is 23.1 Å². The van der Waals surface area contributed by atoms with E-state index in [-0.39, 0.29) is 34.9 Å². The highest BCUT2D eigenvalue weighted by Crippen LogP contribution is 2.42. The summed E-state index contributed by atoms with van der Waals surface area (Å²) in [6.45, 7) is 4.20. The van der Waals surface area contributed by atoms with Crippen LogP contribution in [0.4, 0.5) is 5.69 Å². The minimum atomic E-state index is -1.00. The Balaban J connectivity index is 1.87. The number of hydrogen-bond acceptors (Lipinski definition) is 7. The summed E-state index contributed by atoms with van der Waals surface area (Å²) in [6, 6.07) is 17.7. The maximum Gasteiger partial charge on any atom is 0.338 e. The van der Waals surface area contributed by atoms with E-state index in [2.05, 4.69) is 0 Å². The maximum absolute atomic E-state index is 13.3. The smallest absolute Gasteiger partial charge is 0.338 e. The van der Waals surface area contributed by atoms with Crippen molar-refractivity contribution < 1.29 is 34.1 Å². The van der Waals surface area contributed by atoms with Gasteiger partial charge in [-0.25, -0.2) is 4.79 Å². The molecule has 4 rings (SSSR count). The van der Waals surface area contributed by atoms with Crippen molar-refractivity contribution in [1.29, 1.82) is 0 Å². The van der Waals surface area contributed by atoms with Crippen molar-refractivity contribution >= 4 is 29.1 Å². The number of hydrogen-bond donors (Lipinski definition) is 2. The van der Waals surface area contributed by atoms with Gasteiger partial charge < -0.3 is 19.7 Å². The highest BCUT2D eigenvalue weighted by Gasteiger charge is 2.47. The van der Waals surface area contributed by atoms with E-state index in [1.807, 2.05) is 6.92 Å². The molecule has 1 aliphatic rings. The molecule has 1 unspecified atom stereocenters. The number of anilines is 1. The Hall–Kier alpha value is -4.59. The van der Waals surface area contributed by atoms with Gasteiger partial charge in [0.05, 0.1) is 30.4 Å². The lowest BCUT2D eigenvalue weighted by Gasteiger charge is -2.25. The van der Waals surface area contributed by atoms with E-state index in [4.69, 9.17) is 9.47 Å². The molecule has 1 fully saturated rings. The minimum absolute atomic E-state index is 0.00604. The summed E-state index contributed by atoms with van der Waals surface area (Å²) in [5.41, 5.74) is 1.21. The number of aliphatic hydroxyl groups excluding tert-OH is 1. The summed E-state index contributed by atoms with van der Waals surface area (Å²) in [6.07, 6.45) is 0. The van der Waals surface area contributed by atoms with Crippen molar-refractivity contribution in [2.45, 2.75) is 19.9 Å². The van der Waals surface area contributed by atoms with Crippen molar-refractivity contribution in [3.05, 3.63) is 95.1 Å². The average Bonchev–Trinajstić information content (AvgIpc) is 3.15. The van der Waals surface area contributed by atoms with E-state index < -0.39 is 23.7 Å². The number of Topliss-reactive ketones (excluding diaryl/α,β-unsaturated/α-hetero) is 1. The van der Waals surface area contributed by atoms with Crippen LogP contribution in [-0.2, 0) is 14.3 Å². The molecule has 3 aromatic carbocycles. The summed E-state index contributed by atoms with van der Waals surface area (Å²) in [5.74, 6) is -2.04. The van der Waals surface area contributed by atoms with Crippen LogP contribution in [0, 0.1) is 0 Å². The fourth-order valence-electron chi connectivity index (χ4n) is 4.10. The first-order valence-electron chi connectivity index (χ1n) is 11.5. The summed E-state index contributed by atoms with van der Waals surface area (Å²) in [4.78, 5) is 40.1. The average molecular weight is 488 g/mol. The maximum atomic E-state index is 13.3. The molecule has 3 aromatic rings. The summed E-state index contributed by atoms with van der Waals surface area (Å²) in [5, 5.41) is 21.0. The molecule has 0 aliphatic carbocycles. The first-order valence-corrected chi connectivity index (χ1v) is 11.5. The normalized spacial score (nSPS) is 16.7. The first kappa shape index (κ1) is 24.5. The van der Waals surface area contributed by atoms with Crippen LogP contribution in [0.3, 0.4) is 0 Å².